The molecule has 0 unspecified atom stereocenters. The average Bonchev–Trinajstić information content (AvgIpc) is 2.93. The maximum absolute atomic E-state index is 11.5. The second kappa shape index (κ2) is 6.31. The highest BCUT2D eigenvalue weighted by Gasteiger charge is 2.07. The first-order valence-corrected chi connectivity index (χ1v) is 7.30. The van der Waals surface area contributed by atoms with Crippen molar-refractivity contribution < 1.29 is 9.53 Å². The van der Waals surface area contributed by atoms with Crippen molar-refractivity contribution in [1.82, 2.24) is 4.57 Å². The molecule has 0 N–H and O–H groups in total. The molecule has 0 fully saturated rings. The van der Waals surface area contributed by atoms with Crippen molar-refractivity contribution in [2.45, 2.75) is 6.92 Å². The number of carbonyl (C=O) groups excluding carboxylic acids is 1. The summed E-state index contributed by atoms with van der Waals surface area (Å²) in [6, 6.07) is 18.3. The Morgan fingerprint density at radius 3 is 2.59 bits per heavy atom. The van der Waals surface area contributed by atoms with Crippen LogP contribution in [-0.4, -0.2) is 17.1 Å². The Morgan fingerprint density at radius 2 is 1.82 bits per heavy atom. The topological polar surface area (TPSA) is 31.2 Å². The van der Waals surface area contributed by atoms with Crippen LogP contribution in [0.15, 0.2) is 66.9 Å². The third kappa shape index (κ3) is 2.79. The zero-order chi connectivity index (χ0) is 15.4. The molecule has 0 radical (unpaired) electrons. The number of nitrogens with zero attached hydrogens (tertiary/aromatic N) is 1. The number of benzene rings is 2. The number of hydrogen-bond acceptors (Lipinski definition) is 2. The second-order valence-electron chi connectivity index (χ2n) is 4.89. The molecule has 3 rings (SSSR count). The Bertz CT molecular complexity index is 816. The van der Waals surface area contributed by atoms with Gasteiger partial charge in [0, 0.05) is 28.9 Å². The van der Waals surface area contributed by atoms with Crippen LogP contribution in [0.5, 0.6) is 0 Å². The molecule has 1 aromatic heterocycles. The maximum Gasteiger partial charge on any atom is 0.330 e. The molecule has 0 amide bonds. The van der Waals surface area contributed by atoms with E-state index in [0.717, 1.165) is 22.2 Å². The molecule has 3 heteroatoms. The van der Waals surface area contributed by atoms with Crippen LogP contribution < -0.4 is 0 Å². The van der Waals surface area contributed by atoms with E-state index in [2.05, 4.69) is 28.8 Å². The van der Waals surface area contributed by atoms with Crippen molar-refractivity contribution in [3.63, 3.8) is 0 Å². The molecule has 0 aliphatic heterocycles. The van der Waals surface area contributed by atoms with E-state index in [4.69, 9.17) is 4.74 Å². The Labute approximate surface area is 129 Å². The van der Waals surface area contributed by atoms with Crippen molar-refractivity contribution in [3.05, 3.63) is 72.4 Å². The number of aromatic nitrogens is 1. The van der Waals surface area contributed by atoms with Gasteiger partial charge in [-0.2, -0.15) is 0 Å². The lowest BCUT2D eigenvalue weighted by Crippen LogP contribution is -1.98. The Morgan fingerprint density at radius 1 is 1.09 bits per heavy atom. The number of rotatable bonds is 4. The molecule has 0 saturated heterocycles. The first kappa shape index (κ1) is 14.1. The SMILES string of the molecule is CCOC(=O)C=Cc1cn(-c2ccccc2)c2ccccc12. The summed E-state index contributed by atoms with van der Waals surface area (Å²) in [4.78, 5) is 11.5. The lowest BCUT2D eigenvalue weighted by atomic mass is 10.1. The summed E-state index contributed by atoms with van der Waals surface area (Å²) < 4.78 is 7.06. The third-order valence-corrected chi connectivity index (χ3v) is 3.46. The number of ether oxygens (including phenoxy) is 1. The minimum atomic E-state index is -0.320. The lowest BCUT2D eigenvalue weighted by Gasteiger charge is -2.04. The van der Waals surface area contributed by atoms with E-state index in [-0.39, 0.29) is 5.97 Å². The summed E-state index contributed by atoms with van der Waals surface area (Å²) in [5.74, 6) is -0.320. The van der Waals surface area contributed by atoms with Crippen LogP contribution in [0.25, 0.3) is 22.7 Å². The van der Waals surface area contributed by atoms with Gasteiger partial charge in [0.05, 0.1) is 12.1 Å². The molecule has 22 heavy (non-hydrogen) atoms. The fraction of sp³-hybridized carbons (Fsp3) is 0.105. The molecule has 110 valence electrons. The number of fused-ring (bicyclic) bond motifs is 1. The maximum atomic E-state index is 11.5. The molecule has 3 aromatic rings. The van der Waals surface area contributed by atoms with Crippen molar-refractivity contribution in [2.24, 2.45) is 0 Å². The lowest BCUT2D eigenvalue weighted by molar-refractivity contribution is -0.137. The average molecular weight is 291 g/mol. The molecule has 0 aliphatic carbocycles. The zero-order valence-electron chi connectivity index (χ0n) is 12.4. The molecule has 0 bridgehead atoms. The first-order valence-electron chi connectivity index (χ1n) is 7.30. The molecule has 0 aliphatic rings. The fourth-order valence-corrected chi connectivity index (χ4v) is 2.49. The summed E-state index contributed by atoms with van der Waals surface area (Å²) in [7, 11) is 0. The Balaban J connectivity index is 2.07. The van der Waals surface area contributed by atoms with Gasteiger partial charge in [0.2, 0.25) is 0 Å². The molecule has 2 aromatic carbocycles. The summed E-state index contributed by atoms with van der Waals surface area (Å²) in [6.45, 7) is 2.18. The molecule has 0 spiro atoms. The molecule has 3 nitrogen and oxygen atoms in total. The number of carbonyl (C=O) groups is 1. The highest BCUT2D eigenvalue weighted by molar-refractivity contribution is 5.95. The van der Waals surface area contributed by atoms with Crippen LogP contribution in [0.3, 0.4) is 0 Å². The van der Waals surface area contributed by atoms with Gasteiger partial charge >= 0.3 is 5.97 Å². The van der Waals surface area contributed by atoms with Crippen LogP contribution in [-0.2, 0) is 9.53 Å². The first-order chi connectivity index (χ1) is 10.8. The predicted molar refractivity (Wildman–Crippen MR) is 88.9 cm³/mol. The predicted octanol–water partition coefficient (Wildman–Crippen LogP) is 4.21. The quantitative estimate of drug-likeness (QED) is 0.532. The van der Waals surface area contributed by atoms with E-state index < -0.39 is 0 Å². The van der Waals surface area contributed by atoms with Crippen molar-refractivity contribution in [2.75, 3.05) is 6.61 Å². The summed E-state index contributed by atoms with van der Waals surface area (Å²) >= 11 is 0. The molecule has 0 atom stereocenters. The van der Waals surface area contributed by atoms with Crippen LogP contribution >= 0.6 is 0 Å². The highest BCUT2D eigenvalue weighted by atomic mass is 16.5. The van der Waals surface area contributed by atoms with Crippen molar-refractivity contribution in [3.8, 4) is 5.69 Å². The van der Waals surface area contributed by atoms with Gasteiger partial charge in [0.15, 0.2) is 0 Å². The molecular formula is C19H17NO2. The van der Waals surface area contributed by atoms with E-state index in [0.29, 0.717) is 6.61 Å². The summed E-state index contributed by atoms with van der Waals surface area (Å²) in [5.41, 5.74) is 3.19. The van der Waals surface area contributed by atoms with Gasteiger partial charge in [-0.1, -0.05) is 36.4 Å². The summed E-state index contributed by atoms with van der Waals surface area (Å²) in [6.07, 6.45) is 5.32. The Hall–Kier alpha value is -2.81. The normalized spacial score (nSPS) is 11.1. The minimum Gasteiger partial charge on any atom is -0.463 e. The smallest absolute Gasteiger partial charge is 0.330 e. The van der Waals surface area contributed by atoms with Crippen LogP contribution in [0.2, 0.25) is 0 Å². The van der Waals surface area contributed by atoms with Crippen LogP contribution in [0.1, 0.15) is 12.5 Å². The fourth-order valence-electron chi connectivity index (χ4n) is 2.49. The van der Waals surface area contributed by atoms with Crippen LogP contribution in [0, 0.1) is 0 Å². The monoisotopic (exact) mass is 291 g/mol. The molecule has 1 heterocycles. The van der Waals surface area contributed by atoms with Gasteiger partial charge in [-0.15, -0.1) is 0 Å². The van der Waals surface area contributed by atoms with Crippen molar-refractivity contribution in [1.29, 1.82) is 0 Å². The largest absolute Gasteiger partial charge is 0.463 e. The van der Waals surface area contributed by atoms with Gasteiger partial charge < -0.3 is 9.30 Å². The van der Waals surface area contributed by atoms with Gasteiger partial charge in [0.25, 0.3) is 0 Å². The van der Waals surface area contributed by atoms with Gasteiger partial charge in [-0.3, -0.25) is 0 Å². The highest BCUT2D eigenvalue weighted by Crippen LogP contribution is 2.25. The molecule has 0 saturated carbocycles. The third-order valence-electron chi connectivity index (χ3n) is 3.46. The van der Waals surface area contributed by atoms with Crippen molar-refractivity contribution >= 4 is 22.9 Å². The number of para-hydroxylation sites is 2. The van der Waals surface area contributed by atoms with Gasteiger partial charge in [0.1, 0.15) is 0 Å². The van der Waals surface area contributed by atoms with E-state index in [1.807, 2.05) is 36.5 Å². The zero-order valence-corrected chi connectivity index (χ0v) is 12.4. The standard InChI is InChI=1S/C19H17NO2/c1-2-22-19(21)13-12-15-14-20(16-8-4-3-5-9-16)18-11-7-6-10-17(15)18/h3-14H,2H2,1H3. The summed E-state index contributed by atoms with van der Waals surface area (Å²) in [5, 5.41) is 1.10. The molecular weight excluding hydrogens is 274 g/mol. The minimum absolute atomic E-state index is 0.320. The number of hydrogen-bond donors (Lipinski definition) is 0. The van der Waals surface area contributed by atoms with Crippen LogP contribution in [0.4, 0.5) is 0 Å². The van der Waals surface area contributed by atoms with E-state index in [9.17, 15) is 4.79 Å². The second-order valence-corrected chi connectivity index (χ2v) is 4.89. The van der Waals surface area contributed by atoms with E-state index in [1.54, 1.807) is 13.0 Å². The van der Waals surface area contributed by atoms with Gasteiger partial charge in [-0.25, -0.2) is 4.79 Å². The van der Waals surface area contributed by atoms with E-state index in [1.165, 1.54) is 6.08 Å². The number of esters is 1. The Kier molecular flexibility index (Phi) is 4.05. The van der Waals surface area contributed by atoms with E-state index >= 15 is 0 Å². The van der Waals surface area contributed by atoms with Gasteiger partial charge in [-0.05, 0) is 31.2 Å².